The van der Waals surface area contributed by atoms with Gasteiger partial charge in [-0.05, 0) is 13.3 Å². The van der Waals surface area contributed by atoms with Gasteiger partial charge < -0.3 is 14.9 Å². The first-order chi connectivity index (χ1) is 3.97. The molecule has 0 aromatic carbocycles. The second-order valence-corrected chi connectivity index (χ2v) is 1.98. The summed E-state index contributed by atoms with van der Waals surface area (Å²) < 4.78 is 4.25. The van der Waals surface area contributed by atoms with Gasteiger partial charge in [-0.25, -0.2) is 0 Å². The number of hydrogen-bond acceptors (Lipinski definition) is 3. The monoisotopic (exact) mass is 136 g/mol. The molecular formula is C6H16O3. The maximum absolute atomic E-state index is 8.38. The van der Waals surface area contributed by atoms with E-state index >= 15 is 0 Å². The quantitative estimate of drug-likeness (QED) is 0.512. The number of ether oxygens (including phenoxy) is 1. The van der Waals surface area contributed by atoms with Crippen molar-refractivity contribution in [3.8, 4) is 0 Å². The number of methoxy groups -OCH3 is 1. The van der Waals surface area contributed by atoms with Gasteiger partial charge in [0, 0.05) is 14.2 Å². The Hall–Kier alpha value is -0.120. The van der Waals surface area contributed by atoms with Crippen LogP contribution in [0.15, 0.2) is 0 Å². The molecule has 0 aliphatic heterocycles. The highest BCUT2D eigenvalue weighted by molar-refractivity contribution is 4.47. The van der Waals surface area contributed by atoms with E-state index in [4.69, 9.17) is 10.2 Å². The third-order valence-electron chi connectivity index (χ3n) is 0.670. The molecule has 0 radical (unpaired) electrons. The Kier molecular flexibility index (Phi) is 7.77. The Balaban J connectivity index is 0. The lowest BCUT2D eigenvalue weighted by Gasteiger charge is -2.10. The van der Waals surface area contributed by atoms with Crippen molar-refractivity contribution in [1.29, 1.82) is 0 Å². The summed E-state index contributed by atoms with van der Waals surface area (Å²) >= 11 is 0. The van der Waals surface area contributed by atoms with Gasteiger partial charge in [0.1, 0.15) is 0 Å². The van der Waals surface area contributed by atoms with E-state index in [1.165, 1.54) is 6.92 Å². The zero-order valence-electron chi connectivity index (χ0n) is 6.51. The highest BCUT2D eigenvalue weighted by Gasteiger charge is 2.08. The standard InChI is InChI=1S/C4H10O2.C2H6O/c1-3-4(2,5)6;1-3-2/h5-6H,3H2,1-2H3;1-2H3. The van der Waals surface area contributed by atoms with E-state index in [2.05, 4.69) is 4.74 Å². The van der Waals surface area contributed by atoms with Crippen LogP contribution in [0.1, 0.15) is 20.3 Å². The zero-order valence-corrected chi connectivity index (χ0v) is 6.51. The normalized spacial score (nSPS) is 10.0. The summed E-state index contributed by atoms with van der Waals surface area (Å²) in [5, 5.41) is 16.8. The van der Waals surface area contributed by atoms with Crippen molar-refractivity contribution in [2.45, 2.75) is 26.1 Å². The third kappa shape index (κ3) is 32.8. The summed E-state index contributed by atoms with van der Waals surface area (Å²) in [5.41, 5.74) is 0. The molecule has 0 spiro atoms. The lowest BCUT2D eigenvalue weighted by molar-refractivity contribution is -0.145. The minimum absolute atomic E-state index is 0.382. The summed E-state index contributed by atoms with van der Waals surface area (Å²) in [5.74, 6) is -1.46. The molecule has 0 aliphatic carbocycles. The van der Waals surface area contributed by atoms with Gasteiger partial charge in [0.15, 0.2) is 5.79 Å². The molecule has 0 saturated carbocycles. The minimum Gasteiger partial charge on any atom is -0.388 e. The van der Waals surface area contributed by atoms with Crippen LogP contribution in [0, 0.1) is 0 Å². The molecule has 0 unspecified atom stereocenters. The predicted molar refractivity (Wildman–Crippen MR) is 36.1 cm³/mol. The lowest BCUT2D eigenvalue weighted by atomic mass is 10.3. The van der Waals surface area contributed by atoms with Gasteiger partial charge in [0.25, 0.3) is 0 Å². The molecule has 0 aromatic rings. The molecule has 58 valence electrons. The summed E-state index contributed by atoms with van der Waals surface area (Å²) in [6.07, 6.45) is 0.382. The Labute approximate surface area is 56.3 Å². The Morgan fingerprint density at radius 2 is 1.44 bits per heavy atom. The smallest absolute Gasteiger partial charge is 0.159 e. The van der Waals surface area contributed by atoms with Crippen molar-refractivity contribution in [2.24, 2.45) is 0 Å². The summed E-state index contributed by atoms with van der Waals surface area (Å²) in [6.45, 7) is 3.06. The van der Waals surface area contributed by atoms with E-state index in [1.54, 1.807) is 21.1 Å². The largest absolute Gasteiger partial charge is 0.388 e. The van der Waals surface area contributed by atoms with Crippen LogP contribution in [0.5, 0.6) is 0 Å². The summed E-state index contributed by atoms with van der Waals surface area (Å²) in [7, 11) is 3.25. The van der Waals surface area contributed by atoms with E-state index < -0.39 is 5.79 Å². The van der Waals surface area contributed by atoms with Gasteiger partial charge in [-0.3, -0.25) is 0 Å². The van der Waals surface area contributed by atoms with Crippen LogP contribution in [-0.2, 0) is 4.74 Å². The van der Waals surface area contributed by atoms with Crippen LogP contribution in [0.2, 0.25) is 0 Å². The van der Waals surface area contributed by atoms with E-state index in [0.717, 1.165) is 0 Å². The Morgan fingerprint density at radius 1 is 1.33 bits per heavy atom. The minimum atomic E-state index is -1.46. The molecule has 0 rings (SSSR count). The van der Waals surface area contributed by atoms with Gasteiger partial charge in [-0.1, -0.05) is 6.92 Å². The van der Waals surface area contributed by atoms with Gasteiger partial charge in [-0.2, -0.15) is 0 Å². The van der Waals surface area contributed by atoms with Crippen molar-refractivity contribution >= 4 is 0 Å². The first-order valence-electron chi connectivity index (χ1n) is 2.82. The molecule has 0 saturated heterocycles. The molecular weight excluding hydrogens is 120 g/mol. The fourth-order valence-corrected chi connectivity index (χ4v) is 0. The van der Waals surface area contributed by atoms with E-state index in [0.29, 0.717) is 6.42 Å². The van der Waals surface area contributed by atoms with Gasteiger partial charge in [-0.15, -0.1) is 0 Å². The average molecular weight is 136 g/mol. The topological polar surface area (TPSA) is 49.7 Å². The van der Waals surface area contributed by atoms with Crippen molar-refractivity contribution in [3.05, 3.63) is 0 Å². The van der Waals surface area contributed by atoms with Gasteiger partial charge in [0.2, 0.25) is 0 Å². The molecule has 0 aromatic heterocycles. The van der Waals surface area contributed by atoms with Crippen molar-refractivity contribution < 1.29 is 14.9 Å². The first kappa shape index (κ1) is 11.6. The molecule has 0 amide bonds. The molecule has 2 N–H and O–H groups in total. The van der Waals surface area contributed by atoms with E-state index in [9.17, 15) is 0 Å². The second-order valence-electron chi connectivity index (χ2n) is 1.98. The van der Waals surface area contributed by atoms with Gasteiger partial charge in [0.05, 0.1) is 0 Å². The van der Waals surface area contributed by atoms with Crippen LogP contribution in [-0.4, -0.2) is 30.2 Å². The predicted octanol–water partition coefficient (Wildman–Crippen LogP) is 0.360. The van der Waals surface area contributed by atoms with Crippen molar-refractivity contribution in [1.82, 2.24) is 0 Å². The second kappa shape index (κ2) is 6.01. The maximum atomic E-state index is 8.38. The van der Waals surface area contributed by atoms with Crippen LogP contribution in [0.25, 0.3) is 0 Å². The molecule has 0 aliphatic rings. The number of hydrogen-bond donors (Lipinski definition) is 2. The molecule has 0 atom stereocenters. The Bertz CT molecular complexity index is 46.8. The third-order valence-corrected chi connectivity index (χ3v) is 0.670. The summed E-state index contributed by atoms with van der Waals surface area (Å²) in [4.78, 5) is 0. The highest BCUT2D eigenvalue weighted by Crippen LogP contribution is 1.99. The average Bonchev–Trinajstić information content (AvgIpc) is 1.67. The fourth-order valence-electron chi connectivity index (χ4n) is 0. The van der Waals surface area contributed by atoms with Crippen LogP contribution in [0.3, 0.4) is 0 Å². The molecule has 0 bridgehead atoms. The molecule has 9 heavy (non-hydrogen) atoms. The Morgan fingerprint density at radius 3 is 1.44 bits per heavy atom. The van der Waals surface area contributed by atoms with Crippen LogP contribution >= 0.6 is 0 Å². The number of rotatable bonds is 1. The maximum Gasteiger partial charge on any atom is 0.159 e. The number of aliphatic hydroxyl groups is 2. The van der Waals surface area contributed by atoms with Crippen molar-refractivity contribution in [3.63, 3.8) is 0 Å². The van der Waals surface area contributed by atoms with Crippen LogP contribution < -0.4 is 0 Å². The van der Waals surface area contributed by atoms with Gasteiger partial charge >= 0.3 is 0 Å². The highest BCUT2D eigenvalue weighted by atomic mass is 16.5. The molecule has 3 heteroatoms. The van der Waals surface area contributed by atoms with E-state index in [1.807, 2.05) is 0 Å². The van der Waals surface area contributed by atoms with E-state index in [-0.39, 0.29) is 0 Å². The summed E-state index contributed by atoms with van der Waals surface area (Å²) in [6, 6.07) is 0. The SMILES string of the molecule is CCC(C)(O)O.COC. The van der Waals surface area contributed by atoms with Crippen molar-refractivity contribution in [2.75, 3.05) is 14.2 Å². The molecule has 0 heterocycles. The molecule has 0 fully saturated rings. The van der Waals surface area contributed by atoms with Crippen LogP contribution in [0.4, 0.5) is 0 Å². The zero-order chi connectivity index (χ0) is 7.91. The first-order valence-corrected chi connectivity index (χ1v) is 2.82. The lowest BCUT2D eigenvalue weighted by Crippen LogP contribution is -2.20. The fraction of sp³-hybridized carbons (Fsp3) is 1.00. The molecule has 3 nitrogen and oxygen atoms in total.